The number of carbonyl (C=O) groups is 1. The number of rotatable bonds is 3. The highest BCUT2D eigenvalue weighted by Crippen LogP contribution is 2.28. The van der Waals surface area contributed by atoms with Crippen LogP contribution in [0.25, 0.3) is 0 Å². The van der Waals surface area contributed by atoms with Crippen LogP contribution in [0.4, 0.5) is 0 Å². The van der Waals surface area contributed by atoms with Crippen LogP contribution in [0.1, 0.15) is 30.4 Å². The van der Waals surface area contributed by atoms with Gasteiger partial charge in [0.15, 0.2) is 0 Å². The summed E-state index contributed by atoms with van der Waals surface area (Å²) in [5.41, 5.74) is 2.67. The van der Waals surface area contributed by atoms with Crippen molar-refractivity contribution in [3.8, 4) is 0 Å². The van der Waals surface area contributed by atoms with Crippen molar-refractivity contribution in [2.75, 3.05) is 32.8 Å². The highest BCUT2D eigenvalue weighted by Gasteiger charge is 2.33. The van der Waals surface area contributed by atoms with Crippen LogP contribution >= 0.6 is 0 Å². The fourth-order valence-electron chi connectivity index (χ4n) is 3.95. The quantitative estimate of drug-likeness (QED) is 0.856. The summed E-state index contributed by atoms with van der Waals surface area (Å²) in [6.45, 7) is 5.13. The Kier molecular flexibility index (Phi) is 4.36. The molecule has 1 atom stereocenters. The fraction of sp³-hybridized carbons (Fsp3) is 0.632. The average Bonchev–Trinajstić information content (AvgIpc) is 2.57. The van der Waals surface area contributed by atoms with E-state index in [2.05, 4.69) is 29.2 Å². The van der Waals surface area contributed by atoms with Crippen molar-refractivity contribution >= 4 is 5.91 Å². The first-order valence-electron chi connectivity index (χ1n) is 8.99. The maximum absolute atomic E-state index is 12.9. The first-order chi connectivity index (χ1) is 11.3. The maximum Gasteiger partial charge on any atom is 0.253 e. The summed E-state index contributed by atoms with van der Waals surface area (Å²) in [5, 5.41) is 0. The molecule has 2 aliphatic heterocycles. The molecule has 0 spiro atoms. The molecule has 0 N–H and O–H groups in total. The zero-order valence-electron chi connectivity index (χ0n) is 13.7. The second kappa shape index (κ2) is 6.62. The molecule has 1 saturated carbocycles. The zero-order chi connectivity index (χ0) is 15.6. The first-order valence-corrected chi connectivity index (χ1v) is 8.99. The van der Waals surface area contributed by atoms with Crippen LogP contribution < -0.4 is 0 Å². The molecule has 0 radical (unpaired) electrons. The van der Waals surface area contributed by atoms with Gasteiger partial charge in [0.25, 0.3) is 5.91 Å². The third-order valence-corrected chi connectivity index (χ3v) is 5.61. The van der Waals surface area contributed by atoms with Crippen molar-refractivity contribution in [2.45, 2.75) is 38.3 Å². The number of ether oxygens (including phenoxy) is 1. The van der Waals surface area contributed by atoms with Crippen LogP contribution in [0, 0.1) is 5.92 Å². The Labute approximate surface area is 138 Å². The van der Waals surface area contributed by atoms with E-state index < -0.39 is 0 Å². The Morgan fingerprint density at radius 2 is 2.00 bits per heavy atom. The van der Waals surface area contributed by atoms with Crippen molar-refractivity contribution in [3.63, 3.8) is 0 Å². The van der Waals surface area contributed by atoms with Crippen molar-refractivity contribution in [1.29, 1.82) is 0 Å². The lowest BCUT2D eigenvalue weighted by atomic mass is 9.85. The maximum atomic E-state index is 12.9. The summed E-state index contributed by atoms with van der Waals surface area (Å²) < 4.78 is 5.81. The van der Waals surface area contributed by atoms with Crippen molar-refractivity contribution < 1.29 is 9.53 Å². The zero-order valence-corrected chi connectivity index (χ0v) is 13.7. The van der Waals surface area contributed by atoms with Crippen molar-refractivity contribution in [2.24, 2.45) is 5.92 Å². The number of hydrogen-bond acceptors (Lipinski definition) is 3. The van der Waals surface area contributed by atoms with Gasteiger partial charge in [-0.15, -0.1) is 0 Å². The lowest BCUT2D eigenvalue weighted by molar-refractivity contribution is -0.150. The molecule has 23 heavy (non-hydrogen) atoms. The molecule has 1 aliphatic carbocycles. The van der Waals surface area contributed by atoms with E-state index in [9.17, 15) is 4.79 Å². The van der Waals surface area contributed by atoms with Gasteiger partial charge in [-0.2, -0.15) is 0 Å². The van der Waals surface area contributed by atoms with Crippen LogP contribution in [-0.4, -0.2) is 54.6 Å². The number of nitrogens with zero attached hydrogens (tertiary/aromatic N) is 2. The standard InChI is InChI=1S/C19H26N2O2/c22-19(21-9-8-16-6-1-2-7-17(16)13-21)18-14-20(10-11-23-18)12-15-4-3-5-15/h1-2,6-7,15,18H,3-5,8-14H2. The highest BCUT2D eigenvalue weighted by atomic mass is 16.5. The molecule has 4 heteroatoms. The van der Waals surface area contributed by atoms with Gasteiger partial charge in [0, 0.05) is 32.7 Å². The number of carbonyl (C=O) groups excluding carboxylic acids is 1. The minimum atomic E-state index is -0.269. The normalized spacial score (nSPS) is 25.7. The number of hydrogen-bond donors (Lipinski definition) is 0. The lowest BCUT2D eigenvalue weighted by Gasteiger charge is -2.39. The SMILES string of the molecule is O=C(C1CN(CC2CCC2)CCO1)N1CCc2ccccc2C1. The Morgan fingerprint density at radius 3 is 2.78 bits per heavy atom. The molecule has 1 amide bonds. The van der Waals surface area contributed by atoms with E-state index in [1.54, 1.807) is 0 Å². The largest absolute Gasteiger partial charge is 0.366 e. The number of morpholine rings is 1. The van der Waals surface area contributed by atoms with E-state index in [4.69, 9.17) is 4.74 Å². The van der Waals surface area contributed by atoms with Gasteiger partial charge in [0.05, 0.1) is 6.61 Å². The smallest absolute Gasteiger partial charge is 0.253 e. The summed E-state index contributed by atoms with van der Waals surface area (Å²) >= 11 is 0. The second-order valence-electron chi connectivity index (χ2n) is 7.19. The van der Waals surface area contributed by atoms with Crippen LogP contribution in [0.5, 0.6) is 0 Å². The van der Waals surface area contributed by atoms with E-state index in [1.165, 1.54) is 30.4 Å². The van der Waals surface area contributed by atoms with Gasteiger partial charge < -0.3 is 9.64 Å². The van der Waals surface area contributed by atoms with E-state index in [1.807, 2.05) is 4.90 Å². The molecular formula is C19H26N2O2. The Bertz CT molecular complexity index is 570. The van der Waals surface area contributed by atoms with Gasteiger partial charge >= 0.3 is 0 Å². The van der Waals surface area contributed by atoms with Gasteiger partial charge in [-0.05, 0) is 36.3 Å². The summed E-state index contributed by atoms with van der Waals surface area (Å²) in [5.74, 6) is 1.03. The Hall–Kier alpha value is -1.39. The topological polar surface area (TPSA) is 32.8 Å². The molecule has 0 bridgehead atoms. The van der Waals surface area contributed by atoms with Crippen LogP contribution in [-0.2, 0) is 22.5 Å². The molecule has 124 valence electrons. The molecule has 3 aliphatic rings. The lowest BCUT2D eigenvalue weighted by Crippen LogP contribution is -2.52. The molecular weight excluding hydrogens is 288 g/mol. The van der Waals surface area contributed by atoms with E-state index >= 15 is 0 Å². The summed E-state index contributed by atoms with van der Waals surface area (Å²) in [6.07, 6.45) is 4.79. The number of amides is 1. The van der Waals surface area contributed by atoms with Gasteiger partial charge in [-0.25, -0.2) is 0 Å². The van der Waals surface area contributed by atoms with Gasteiger partial charge in [-0.1, -0.05) is 30.7 Å². The third-order valence-electron chi connectivity index (χ3n) is 5.61. The molecule has 0 aromatic heterocycles. The predicted molar refractivity (Wildman–Crippen MR) is 89.1 cm³/mol. The van der Waals surface area contributed by atoms with Crippen molar-refractivity contribution in [1.82, 2.24) is 9.80 Å². The van der Waals surface area contributed by atoms with Gasteiger partial charge in [0.2, 0.25) is 0 Å². The summed E-state index contributed by atoms with van der Waals surface area (Å²) in [7, 11) is 0. The molecule has 1 unspecified atom stereocenters. The molecule has 4 rings (SSSR count). The van der Waals surface area contributed by atoms with Gasteiger partial charge in [0.1, 0.15) is 6.10 Å². The highest BCUT2D eigenvalue weighted by molar-refractivity contribution is 5.81. The Morgan fingerprint density at radius 1 is 1.17 bits per heavy atom. The molecule has 4 nitrogen and oxygen atoms in total. The second-order valence-corrected chi connectivity index (χ2v) is 7.19. The van der Waals surface area contributed by atoms with E-state index in [0.29, 0.717) is 6.61 Å². The minimum Gasteiger partial charge on any atom is -0.366 e. The number of benzene rings is 1. The molecule has 1 aromatic carbocycles. The predicted octanol–water partition coefficient (Wildman–Crippen LogP) is 2.07. The van der Waals surface area contributed by atoms with Crippen LogP contribution in [0.2, 0.25) is 0 Å². The third kappa shape index (κ3) is 3.29. The Balaban J connectivity index is 1.36. The number of fused-ring (bicyclic) bond motifs is 1. The summed E-state index contributed by atoms with van der Waals surface area (Å²) in [6, 6.07) is 8.46. The average molecular weight is 314 g/mol. The van der Waals surface area contributed by atoms with Crippen LogP contribution in [0.15, 0.2) is 24.3 Å². The molecule has 2 heterocycles. The monoisotopic (exact) mass is 314 g/mol. The first kappa shape index (κ1) is 15.2. The molecule has 1 aromatic rings. The van der Waals surface area contributed by atoms with Gasteiger partial charge in [-0.3, -0.25) is 9.69 Å². The molecule has 2 fully saturated rings. The van der Waals surface area contributed by atoms with Crippen LogP contribution in [0.3, 0.4) is 0 Å². The van der Waals surface area contributed by atoms with E-state index in [-0.39, 0.29) is 12.0 Å². The summed E-state index contributed by atoms with van der Waals surface area (Å²) in [4.78, 5) is 17.3. The minimum absolute atomic E-state index is 0.179. The van der Waals surface area contributed by atoms with E-state index in [0.717, 1.165) is 45.1 Å². The van der Waals surface area contributed by atoms with Crippen molar-refractivity contribution in [3.05, 3.63) is 35.4 Å². The molecule has 1 saturated heterocycles. The fourth-order valence-corrected chi connectivity index (χ4v) is 3.95.